The van der Waals surface area contributed by atoms with Gasteiger partial charge in [0.2, 0.25) is 0 Å². The summed E-state index contributed by atoms with van der Waals surface area (Å²) in [5.41, 5.74) is 6.77. The summed E-state index contributed by atoms with van der Waals surface area (Å²) >= 11 is 0. The molecule has 1 fully saturated rings. The fraction of sp³-hybridized carbons (Fsp3) is 0.400. The molecule has 1 aromatic carbocycles. The fourth-order valence-electron chi connectivity index (χ4n) is 2.02. The molecule has 1 aliphatic rings. The minimum Gasteiger partial charge on any atom is -0.495 e. The number of anilines is 1. The topological polar surface area (TPSA) is 55.6 Å². The molecule has 0 heterocycles. The fourth-order valence-corrected chi connectivity index (χ4v) is 2.02. The van der Waals surface area contributed by atoms with Crippen molar-refractivity contribution in [1.29, 1.82) is 0 Å². The number of nitrogens with two attached hydrogens (primary N) is 1. The Labute approximate surface area is 113 Å². The van der Waals surface area contributed by atoms with Crippen molar-refractivity contribution in [3.05, 3.63) is 23.8 Å². The van der Waals surface area contributed by atoms with Crippen LogP contribution < -0.4 is 10.5 Å². The molecule has 1 amide bonds. The van der Waals surface area contributed by atoms with Crippen molar-refractivity contribution in [2.45, 2.75) is 12.8 Å². The van der Waals surface area contributed by atoms with Crippen LogP contribution in [0, 0.1) is 18.3 Å². The summed E-state index contributed by atoms with van der Waals surface area (Å²) in [4.78, 5) is 14.2. The van der Waals surface area contributed by atoms with E-state index in [1.165, 1.54) is 20.0 Å². The average Bonchev–Trinajstić information content (AvgIpc) is 3.22. The maximum atomic E-state index is 12.5. The quantitative estimate of drug-likeness (QED) is 0.647. The van der Waals surface area contributed by atoms with Gasteiger partial charge in [0.25, 0.3) is 5.91 Å². The Bertz CT molecular complexity index is 515. The van der Waals surface area contributed by atoms with Crippen LogP contribution in [0.1, 0.15) is 23.2 Å². The second kappa shape index (κ2) is 5.66. The predicted molar refractivity (Wildman–Crippen MR) is 74.9 cm³/mol. The van der Waals surface area contributed by atoms with Gasteiger partial charge in [-0.25, -0.2) is 0 Å². The van der Waals surface area contributed by atoms with Crippen molar-refractivity contribution in [2.24, 2.45) is 5.92 Å². The van der Waals surface area contributed by atoms with Crippen LogP contribution in [0.4, 0.5) is 5.69 Å². The lowest BCUT2D eigenvalue weighted by Crippen LogP contribution is -2.33. The highest BCUT2D eigenvalue weighted by Crippen LogP contribution is 2.31. The third kappa shape index (κ3) is 3.00. The number of benzene rings is 1. The van der Waals surface area contributed by atoms with Crippen LogP contribution in [0.2, 0.25) is 0 Å². The molecule has 100 valence electrons. The van der Waals surface area contributed by atoms with E-state index in [9.17, 15) is 4.79 Å². The summed E-state index contributed by atoms with van der Waals surface area (Å²) in [6.45, 7) is 1.02. The third-order valence-electron chi connectivity index (χ3n) is 3.26. The number of nitrogen functional groups attached to an aromatic ring is 1. The van der Waals surface area contributed by atoms with E-state index in [4.69, 9.17) is 16.9 Å². The van der Waals surface area contributed by atoms with Crippen molar-refractivity contribution in [1.82, 2.24) is 4.90 Å². The number of carbonyl (C=O) groups excluding carboxylic acids is 1. The van der Waals surface area contributed by atoms with Gasteiger partial charge in [-0.3, -0.25) is 4.79 Å². The van der Waals surface area contributed by atoms with E-state index in [0.29, 0.717) is 36.0 Å². The van der Waals surface area contributed by atoms with Crippen LogP contribution in [0.3, 0.4) is 0 Å². The summed E-state index contributed by atoms with van der Waals surface area (Å²) in [6, 6.07) is 5.20. The monoisotopic (exact) mass is 258 g/mol. The Balaban J connectivity index is 2.22. The van der Waals surface area contributed by atoms with E-state index in [1.807, 2.05) is 0 Å². The molecule has 4 nitrogen and oxygen atoms in total. The molecule has 1 saturated carbocycles. The first-order valence-corrected chi connectivity index (χ1v) is 6.32. The summed E-state index contributed by atoms with van der Waals surface area (Å²) in [7, 11) is 1.53. The van der Waals surface area contributed by atoms with Crippen LogP contribution >= 0.6 is 0 Å². The highest BCUT2D eigenvalue weighted by Gasteiger charge is 2.27. The van der Waals surface area contributed by atoms with Crippen LogP contribution in [0.5, 0.6) is 5.75 Å². The van der Waals surface area contributed by atoms with Crippen LogP contribution in [0.15, 0.2) is 18.2 Å². The van der Waals surface area contributed by atoms with Crippen LogP contribution in [-0.2, 0) is 0 Å². The van der Waals surface area contributed by atoms with Gasteiger partial charge in [-0.2, -0.15) is 0 Å². The molecule has 0 radical (unpaired) electrons. The molecule has 0 unspecified atom stereocenters. The number of nitrogens with zero attached hydrogens (tertiary/aromatic N) is 1. The molecular formula is C15H18N2O2. The molecular weight excluding hydrogens is 240 g/mol. The first kappa shape index (κ1) is 13.3. The number of hydrogen-bond donors (Lipinski definition) is 1. The van der Waals surface area contributed by atoms with Gasteiger partial charge in [-0.15, -0.1) is 6.42 Å². The lowest BCUT2D eigenvalue weighted by molar-refractivity contribution is 0.0770. The zero-order valence-electron chi connectivity index (χ0n) is 11.1. The van der Waals surface area contributed by atoms with Crippen LogP contribution in [0.25, 0.3) is 0 Å². The number of methoxy groups -OCH3 is 1. The summed E-state index contributed by atoms with van der Waals surface area (Å²) in [5.74, 6) is 3.51. The van der Waals surface area contributed by atoms with E-state index >= 15 is 0 Å². The lowest BCUT2D eigenvalue weighted by Gasteiger charge is -2.21. The molecule has 1 aliphatic carbocycles. The number of terminal acetylenes is 1. The summed E-state index contributed by atoms with van der Waals surface area (Å²) < 4.78 is 5.13. The van der Waals surface area contributed by atoms with Gasteiger partial charge < -0.3 is 15.4 Å². The first-order valence-electron chi connectivity index (χ1n) is 6.32. The molecule has 0 saturated heterocycles. The smallest absolute Gasteiger partial charge is 0.256 e. The Morgan fingerprint density at radius 3 is 2.89 bits per heavy atom. The first-order chi connectivity index (χ1) is 9.17. The zero-order chi connectivity index (χ0) is 13.8. The zero-order valence-corrected chi connectivity index (χ0v) is 11.1. The van der Waals surface area contributed by atoms with Crippen molar-refractivity contribution in [2.75, 3.05) is 25.9 Å². The maximum Gasteiger partial charge on any atom is 0.256 e. The Morgan fingerprint density at radius 2 is 2.32 bits per heavy atom. The predicted octanol–water partition coefficient (Wildman–Crippen LogP) is 1.76. The van der Waals surface area contributed by atoms with Gasteiger partial charge in [0, 0.05) is 6.54 Å². The molecule has 4 heteroatoms. The largest absolute Gasteiger partial charge is 0.495 e. The minimum atomic E-state index is -0.124. The minimum absolute atomic E-state index is 0.124. The maximum absolute atomic E-state index is 12.5. The number of hydrogen-bond acceptors (Lipinski definition) is 3. The highest BCUT2D eigenvalue weighted by molar-refractivity contribution is 6.00. The van der Waals surface area contributed by atoms with Gasteiger partial charge in [0.1, 0.15) is 5.75 Å². The molecule has 2 N–H and O–H groups in total. The van der Waals surface area contributed by atoms with Gasteiger partial charge in [-0.1, -0.05) is 12.0 Å². The summed E-state index contributed by atoms with van der Waals surface area (Å²) in [6.07, 6.45) is 7.67. The van der Waals surface area contributed by atoms with E-state index in [2.05, 4.69) is 5.92 Å². The van der Waals surface area contributed by atoms with Crippen molar-refractivity contribution in [3.63, 3.8) is 0 Å². The van der Waals surface area contributed by atoms with Crippen LogP contribution in [-0.4, -0.2) is 31.0 Å². The third-order valence-corrected chi connectivity index (χ3v) is 3.26. The van der Waals surface area contributed by atoms with Crippen molar-refractivity contribution in [3.8, 4) is 18.1 Å². The number of ether oxygens (including phenoxy) is 1. The molecule has 0 aliphatic heterocycles. The lowest BCUT2D eigenvalue weighted by atomic mass is 10.1. The molecule has 0 bridgehead atoms. The molecule has 1 aromatic rings. The van der Waals surface area contributed by atoms with E-state index < -0.39 is 0 Å². The number of para-hydroxylation sites is 1. The second-order valence-electron chi connectivity index (χ2n) is 4.75. The van der Waals surface area contributed by atoms with Gasteiger partial charge >= 0.3 is 0 Å². The number of rotatable bonds is 5. The Morgan fingerprint density at radius 1 is 1.58 bits per heavy atom. The number of amides is 1. The highest BCUT2D eigenvalue weighted by atomic mass is 16.5. The second-order valence-corrected chi connectivity index (χ2v) is 4.75. The molecule has 2 rings (SSSR count). The Kier molecular flexibility index (Phi) is 3.96. The number of carbonyl (C=O) groups is 1. The normalized spacial score (nSPS) is 13.7. The average molecular weight is 258 g/mol. The standard InChI is InChI=1S/C15H18N2O2/c1-3-9-17(10-11-7-8-11)15(18)12-5-4-6-13(19-2)14(12)16/h1,4-6,11H,7-10,16H2,2H3. The van der Waals surface area contributed by atoms with Gasteiger partial charge in [0.05, 0.1) is 24.9 Å². The molecule has 0 aromatic heterocycles. The molecule has 0 spiro atoms. The Hall–Kier alpha value is -2.15. The van der Waals surface area contributed by atoms with Gasteiger partial charge in [-0.05, 0) is 30.9 Å². The van der Waals surface area contributed by atoms with E-state index in [-0.39, 0.29) is 5.91 Å². The molecule has 0 atom stereocenters. The summed E-state index contributed by atoms with van der Waals surface area (Å²) in [5, 5.41) is 0. The molecule has 19 heavy (non-hydrogen) atoms. The van der Waals surface area contributed by atoms with E-state index in [0.717, 1.165) is 0 Å². The van der Waals surface area contributed by atoms with E-state index in [1.54, 1.807) is 23.1 Å². The van der Waals surface area contributed by atoms with Gasteiger partial charge in [0.15, 0.2) is 0 Å². The van der Waals surface area contributed by atoms with Crippen molar-refractivity contribution >= 4 is 11.6 Å². The van der Waals surface area contributed by atoms with Crippen molar-refractivity contribution < 1.29 is 9.53 Å². The SMILES string of the molecule is C#CCN(CC1CC1)C(=O)c1cccc(OC)c1N.